The smallest absolute Gasteiger partial charge is 0.219 e. The van der Waals surface area contributed by atoms with Crippen molar-refractivity contribution in [3.8, 4) is 0 Å². The molecule has 2 aromatic rings. The number of aromatic nitrogens is 2. The van der Waals surface area contributed by atoms with Gasteiger partial charge in [-0.3, -0.25) is 4.79 Å². The molecule has 0 radical (unpaired) electrons. The first-order valence-electron chi connectivity index (χ1n) is 7.89. The Bertz CT molecular complexity index is 589. The molecule has 0 unspecified atom stereocenters. The van der Waals surface area contributed by atoms with Gasteiger partial charge in [0.2, 0.25) is 5.91 Å². The molecule has 0 bridgehead atoms. The van der Waals surface area contributed by atoms with Crippen molar-refractivity contribution in [3.63, 3.8) is 0 Å². The summed E-state index contributed by atoms with van der Waals surface area (Å²) in [6, 6.07) is 8.24. The van der Waals surface area contributed by atoms with Gasteiger partial charge in [0.25, 0.3) is 0 Å². The second-order valence-corrected chi connectivity index (χ2v) is 5.49. The van der Waals surface area contributed by atoms with Crippen LogP contribution in [0.2, 0.25) is 0 Å². The fourth-order valence-corrected chi connectivity index (χ4v) is 2.55. The molecule has 0 aliphatic carbocycles. The van der Waals surface area contributed by atoms with Gasteiger partial charge in [0, 0.05) is 26.4 Å². The highest BCUT2D eigenvalue weighted by molar-refractivity contribution is 5.76. The first-order chi connectivity index (χ1) is 10.2. The molecule has 1 heterocycles. The summed E-state index contributed by atoms with van der Waals surface area (Å²) in [4.78, 5) is 16.0. The van der Waals surface area contributed by atoms with Crippen LogP contribution in [-0.2, 0) is 18.3 Å². The Morgan fingerprint density at radius 1 is 1.24 bits per heavy atom. The Morgan fingerprint density at radius 3 is 2.81 bits per heavy atom. The van der Waals surface area contributed by atoms with Crippen LogP contribution in [0.25, 0.3) is 11.0 Å². The van der Waals surface area contributed by atoms with Gasteiger partial charge < -0.3 is 9.88 Å². The van der Waals surface area contributed by atoms with Crippen LogP contribution in [0.5, 0.6) is 0 Å². The number of nitrogens with one attached hydrogen (secondary N) is 1. The van der Waals surface area contributed by atoms with Gasteiger partial charge in [0.1, 0.15) is 5.82 Å². The van der Waals surface area contributed by atoms with Gasteiger partial charge in [0.15, 0.2) is 0 Å². The molecule has 0 aliphatic rings. The lowest BCUT2D eigenvalue weighted by Gasteiger charge is -2.05. The Hall–Kier alpha value is -1.84. The molecule has 0 spiro atoms. The van der Waals surface area contributed by atoms with E-state index in [0.717, 1.165) is 50.0 Å². The fraction of sp³-hybridized carbons (Fsp3) is 0.529. The molecule has 0 fully saturated rings. The number of unbranched alkanes of at least 4 members (excludes halogenated alkanes) is 2. The third-order valence-corrected chi connectivity index (χ3v) is 3.76. The minimum Gasteiger partial charge on any atom is -0.356 e. The zero-order valence-electron chi connectivity index (χ0n) is 13.1. The molecule has 0 aliphatic heterocycles. The number of rotatable bonds is 8. The molecule has 21 heavy (non-hydrogen) atoms. The van der Waals surface area contributed by atoms with E-state index < -0.39 is 0 Å². The Labute approximate surface area is 126 Å². The number of carbonyl (C=O) groups is 1. The largest absolute Gasteiger partial charge is 0.356 e. The van der Waals surface area contributed by atoms with Crippen LogP contribution in [0.4, 0.5) is 0 Å². The third-order valence-electron chi connectivity index (χ3n) is 3.76. The van der Waals surface area contributed by atoms with E-state index in [9.17, 15) is 4.79 Å². The molecule has 0 saturated heterocycles. The summed E-state index contributed by atoms with van der Waals surface area (Å²) in [5, 5.41) is 2.96. The number of hydrogen-bond donors (Lipinski definition) is 1. The average molecular weight is 287 g/mol. The lowest BCUT2D eigenvalue weighted by atomic mass is 10.2. The van der Waals surface area contributed by atoms with Crippen LogP contribution in [0, 0.1) is 0 Å². The lowest BCUT2D eigenvalue weighted by Crippen LogP contribution is -2.23. The van der Waals surface area contributed by atoms with Crippen molar-refractivity contribution in [2.45, 2.75) is 45.4 Å². The Morgan fingerprint density at radius 2 is 2.05 bits per heavy atom. The first-order valence-corrected chi connectivity index (χ1v) is 7.89. The maximum absolute atomic E-state index is 11.3. The zero-order chi connectivity index (χ0) is 15.1. The van der Waals surface area contributed by atoms with Crippen molar-refractivity contribution in [1.82, 2.24) is 14.9 Å². The molecule has 0 atom stereocenters. The molecule has 0 saturated carbocycles. The molecule has 2 rings (SSSR count). The van der Waals surface area contributed by atoms with Gasteiger partial charge in [-0.2, -0.15) is 0 Å². The minimum atomic E-state index is 0.174. The molecule has 1 amide bonds. The molecule has 1 aromatic carbocycles. The summed E-state index contributed by atoms with van der Waals surface area (Å²) in [6.07, 6.45) is 5.82. The van der Waals surface area contributed by atoms with Crippen molar-refractivity contribution < 1.29 is 4.79 Å². The van der Waals surface area contributed by atoms with Gasteiger partial charge in [-0.1, -0.05) is 25.5 Å². The van der Waals surface area contributed by atoms with Crippen molar-refractivity contribution >= 4 is 16.9 Å². The van der Waals surface area contributed by atoms with E-state index in [4.69, 9.17) is 0 Å². The van der Waals surface area contributed by atoms with Gasteiger partial charge in [-0.05, 0) is 31.4 Å². The predicted octanol–water partition coefficient (Wildman–Crippen LogP) is 3.20. The lowest BCUT2D eigenvalue weighted by molar-refractivity contribution is -0.121. The number of nitrogens with zero attached hydrogens (tertiary/aromatic N) is 2. The zero-order valence-corrected chi connectivity index (χ0v) is 13.1. The van der Waals surface area contributed by atoms with E-state index in [1.165, 1.54) is 5.52 Å². The summed E-state index contributed by atoms with van der Waals surface area (Å²) in [6.45, 7) is 2.82. The van der Waals surface area contributed by atoms with Gasteiger partial charge >= 0.3 is 0 Å². The SMILES string of the molecule is CCCC(=O)NCCCCCc1nc2ccccc2n1C. The van der Waals surface area contributed by atoms with Crippen LogP contribution in [0.15, 0.2) is 24.3 Å². The molecule has 4 heteroatoms. The molecular formula is C17H25N3O. The second kappa shape index (κ2) is 7.81. The van der Waals surface area contributed by atoms with E-state index in [1.807, 2.05) is 19.1 Å². The molecule has 1 N–H and O–H groups in total. The molecule has 114 valence electrons. The monoisotopic (exact) mass is 287 g/mol. The third kappa shape index (κ3) is 4.31. The standard InChI is InChI=1S/C17H25N3O/c1-3-9-17(21)18-13-8-4-5-12-16-19-14-10-6-7-11-15(14)20(16)2/h6-7,10-11H,3-5,8-9,12-13H2,1-2H3,(H,18,21). The van der Waals surface area contributed by atoms with Crippen LogP contribution < -0.4 is 5.32 Å². The highest BCUT2D eigenvalue weighted by atomic mass is 16.1. The van der Waals surface area contributed by atoms with Crippen LogP contribution >= 0.6 is 0 Å². The predicted molar refractivity (Wildman–Crippen MR) is 86.2 cm³/mol. The van der Waals surface area contributed by atoms with Crippen molar-refractivity contribution in [3.05, 3.63) is 30.1 Å². The van der Waals surface area contributed by atoms with Crippen LogP contribution in [-0.4, -0.2) is 22.0 Å². The molecule has 4 nitrogen and oxygen atoms in total. The van der Waals surface area contributed by atoms with Crippen molar-refractivity contribution in [1.29, 1.82) is 0 Å². The summed E-state index contributed by atoms with van der Waals surface area (Å²) in [5.41, 5.74) is 2.26. The fourth-order valence-electron chi connectivity index (χ4n) is 2.55. The Balaban J connectivity index is 1.71. The van der Waals surface area contributed by atoms with Crippen molar-refractivity contribution in [2.24, 2.45) is 7.05 Å². The number of carbonyl (C=O) groups excluding carboxylic acids is 1. The summed E-state index contributed by atoms with van der Waals surface area (Å²) in [7, 11) is 2.08. The minimum absolute atomic E-state index is 0.174. The van der Waals surface area contributed by atoms with E-state index in [0.29, 0.717) is 6.42 Å². The van der Waals surface area contributed by atoms with Gasteiger partial charge in [-0.25, -0.2) is 4.98 Å². The van der Waals surface area contributed by atoms with E-state index in [2.05, 4.69) is 34.0 Å². The molecular weight excluding hydrogens is 262 g/mol. The highest BCUT2D eigenvalue weighted by Crippen LogP contribution is 2.15. The summed E-state index contributed by atoms with van der Waals surface area (Å²) in [5.74, 6) is 1.32. The maximum atomic E-state index is 11.3. The number of imidazole rings is 1. The van der Waals surface area contributed by atoms with Gasteiger partial charge in [0.05, 0.1) is 11.0 Å². The summed E-state index contributed by atoms with van der Waals surface area (Å²) < 4.78 is 2.18. The van der Waals surface area contributed by atoms with Crippen LogP contribution in [0.3, 0.4) is 0 Å². The number of amides is 1. The number of benzene rings is 1. The summed E-state index contributed by atoms with van der Waals surface area (Å²) >= 11 is 0. The Kier molecular flexibility index (Phi) is 5.78. The topological polar surface area (TPSA) is 46.9 Å². The normalized spacial score (nSPS) is 11.0. The maximum Gasteiger partial charge on any atom is 0.219 e. The number of aryl methyl sites for hydroxylation is 2. The number of hydrogen-bond acceptors (Lipinski definition) is 2. The highest BCUT2D eigenvalue weighted by Gasteiger charge is 2.06. The second-order valence-electron chi connectivity index (χ2n) is 5.49. The number of para-hydroxylation sites is 2. The molecule has 1 aromatic heterocycles. The van der Waals surface area contributed by atoms with Crippen molar-refractivity contribution in [2.75, 3.05) is 6.54 Å². The average Bonchev–Trinajstić information content (AvgIpc) is 2.80. The van der Waals surface area contributed by atoms with E-state index >= 15 is 0 Å². The van der Waals surface area contributed by atoms with E-state index in [1.54, 1.807) is 0 Å². The number of fused-ring (bicyclic) bond motifs is 1. The van der Waals surface area contributed by atoms with E-state index in [-0.39, 0.29) is 5.91 Å². The first kappa shape index (κ1) is 15.5. The van der Waals surface area contributed by atoms with Gasteiger partial charge in [-0.15, -0.1) is 0 Å². The van der Waals surface area contributed by atoms with Crippen LogP contribution in [0.1, 0.15) is 44.9 Å². The quantitative estimate of drug-likeness (QED) is 0.758.